The molecule has 2 aromatic heterocycles. The summed E-state index contributed by atoms with van der Waals surface area (Å²) in [7, 11) is 0. The molecule has 0 bridgehead atoms. The Labute approximate surface area is 142 Å². The molecule has 2 heterocycles. The quantitative estimate of drug-likeness (QED) is 0.767. The number of aryl methyl sites for hydroxylation is 2. The second kappa shape index (κ2) is 7.01. The predicted molar refractivity (Wildman–Crippen MR) is 90.9 cm³/mol. The lowest BCUT2D eigenvalue weighted by atomic mass is 9.75. The Balaban J connectivity index is 2.62. The monoisotopic (exact) mass is 326 g/mol. The lowest BCUT2D eigenvalue weighted by Gasteiger charge is -2.39. The molecule has 2 aromatic rings. The molecule has 2 N–H and O–H groups in total. The summed E-state index contributed by atoms with van der Waals surface area (Å²) in [5.41, 5.74) is -3.80. The molecule has 0 amide bonds. The van der Waals surface area contributed by atoms with Crippen molar-refractivity contribution in [2.45, 2.75) is 50.7 Å². The van der Waals surface area contributed by atoms with E-state index in [9.17, 15) is 10.2 Å². The minimum Gasteiger partial charge on any atom is -0.463 e. The van der Waals surface area contributed by atoms with E-state index in [4.69, 9.17) is 21.7 Å². The van der Waals surface area contributed by atoms with Gasteiger partial charge in [-0.2, -0.15) is 0 Å². The Morgan fingerprint density at radius 3 is 1.46 bits per heavy atom. The molecule has 4 heteroatoms. The van der Waals surface area contributed by atoms with Gasteiger partial charge in [0.15, 0.2) is 11.2 Å². The topological polar surface area (TPSA) is 66.7 Å². The van der Waals surface area contributed by atoms with E-state index in [-0.39, 0.29) is 24.4 Å². The van der Waals surface area contributed by atoms with Crippen LogP contribution in [0.2, 0.25) is 0 Å². The number of terminal acetylenes is 2. The average Bonchev–Trinajstić information content (AvgIpc) is 3.24. The third kappa shape index (κ3) is 2.87. The Hall–Kier alpha value is -2.40. The van der Waals surface area contributed by atoms with Gasteiger partial charge in [-0.3, -0.25) is 0 Å². The van der Waals surface area contributed by atoms with Crippen LogP contribution < -0.4 is 0 Å². The summed E-state index contributed by atoms with van der Waals surface area (Å²) in [6, 6.07) is 6.71. The summed E-state index contributed by atoms with van der Waals surface area (Å²) < 4.78 is 11.4. The highest BCUT2D eigenvalue weighted by Crippen LogP contribution is 2.46. The molecule has 0 aliphatic heterocycles. The van der Waals surface area contributed by atoms with Gasteiger partial charge in [0.2, 0.25) is 0 Å². The van der Waals surface area contributed by atoms with Gasteiger partial charge >= 0.3 is 0 Å². The van der Waals surface area contributed by atoms with Gasteiger partial charge in [0.1, 0.15) is 23.0 Å². The molecule has 0 aliphatic carbocycles. The van der Waals surface area contributed by atoms with E-state index < -0.39 is 11.2 Å². The van der Waals surface area contributed by atoms with E-state index in [1.54, 1.807) is 24.3 Å². The zero-order valence-electron chi connectivity index (χ0n) is 14.0. The smallest absolute Gasteiger partial charge is 0.170 e. The highest BCUT2D eigenvalue weighted by Gasteiger charge is 2.55. The molecule has 0 aliphatic rings. The normalized spacial score (nSPS) is 15.9. The van der Waals surface area contributed by atoms with Gasteiger partial charge in [0, 0.05) is 25.7 Å². The first-order valence-corrected chi connectivity index (χ1v) is 7.95. The molecule has 0 radical (unpaired) electrons. The van der Waals surface area contributed by atoms with Crippen LogP contribution in [0.1, 0.15) is 49.7 Å². The van der Waals surface area contributed by atoms with Crippen molar-refractivity contribution in [1.29, 1.82) is 0 Å². The molecule has 126 valence electrons. The number of aliphatic hydroxyl groups is 2. The van der Waals surface area contributed by atoms with Crippen LogP contribution in [0, 0.1) is 24.7 Å². The average molecular weight is 326 g/mol. The summed E-state index contributed by atoms with van der Waals surface area (Å²) in [5, 5.41) is 22.7. The lowest BCUT2D eigenvalue weighted by Crippen LogP contribution is -2.49. The van der Waals surface area contributed by atoms with Gasteiger partial charge in [-0.1, -0.05) is 13.8 Å². The van der Waals surface area contributed by atoms with Crippen molar-refractivity contribution in [2.75, 3.05) is 0 Å². The summed E-state index contributed by atoms with van der Waals surface area (Å²) in [6.07, 6.45) is 11.9. The van der Waals surface area contributed by atoms with Crippen LogP contribution in [0.4, 0.5) is 0 Å². The molecule has 0 fully saturated rings. The molecular formula is C20H22O4. The van der Waals surface area contributed by atoms with Gasteiger partial charge in [-0.05, 0) is 24.3 Å². The molecule has 0 saturated carbocycles. The van der Waals surface area contributed by atoms with Crippen LogP contribution in [0.3, 0.4) is 0 Å². The van der Waals surface area contributed by atoms with Gasteiger partial charge in [-0.25, -0.2) is 0 Å². The molecule has 0 spiro atoms. The van der Waals surface area contributed by atoms with E-state index in [1.165, 1.54) is 0 Å². The van der Waals surface area contributed by atoms with E-state index >= 15 is 0 Å². The zero-order valence-corrected chi connectivity index (χ0v) is 14.0. The fourth-order valence-electron chi connectivity index (χ4n) is 2.75. The fraction of sp³-hybridized carbons (Fsp3) is 0.400. The standard InChI is InChI=1S/C20H22O4/c1-5-13-19(21,17-11-9-15(7-3)23-17)20(22,14-6-2)18-12-10-16(8-4)24-18/h1-2,9-12,21-22H,7-8,13-14H2,3-4H3/t19-,20+. The minimum absolute atomic E-state index is 0.171. The van der Waals surface area contributed by atoms with Crippen LogP contribution in [-0.4, -0.2) is 10.2 Å². The first kappa shape index (κ1) is 17.9. The molecule has 2 rings (SSSR count). The molecule has 0 unspecified atom stereocenters. The fourth-order valence-corrected chi connectivity index (χ4v) is 2.75. The number of hydrogen-bond donors (Lipinski definition) is 2. The Morgan fingerprint density at radius 1 is 0.833 bits per heavy atom. The highest BCUT2D eigenvalue weighted by molar-refractivity contribution is 5.29. The van der Waals surface area contributed by atoms with E-state index in [2.05, 4.69) is 11.8 Å². The van der Waals surface area contributed by atoms with Crippen LogP contribution in [0.5, 0.6) is 0 Å². The minimum atomic E-state index is -1.90. The predicted octanol–water partition coefficient (Wildman–Crippen LogP) is 3.12. The number of rotatable bonds is 7. The largest absolute Gasteiger partial charge is 0.463 e. The third-order valence-corrected chi connectivity index (χ3v) is 4.24. The van der Waals surface area contributed by atoms with Crippen molar-refractivity contribution in [3.05, 3.63) is 47.3 Å². The summed E-state index contributed by atoms with van der Waals surface area (Å²) >= 11 is 0. The lowest BCUT2D eigenvalue weighted by molar-refractivity contribution is -0.179. The summed E-state index contributed by atoms with van der Waals surface area (Å²) in [6.45, 7) is 3.85. The van der Waals surface area contributed by atoms with Crippen molar-refractivity contribution >= 4 is 0 Å². The van der Waals surface area contributed by atoms with Crippen LogP contribution in [0.25, 0.3) is 0 Å². The van der Waals surface area contributed by atoms with Crippen molar-refractivity contribution < 1.29 is 19.0 Å². The molecule has 4 nitrogen and oxygen atoms in total. The maximum Gasteiger partial charge on any atom is 0.170 e. The highest BCUT2D eigenvalue weighted by atomic mass is 16.4. The molecule has 2 atom stereocenters. The van der Waals surface area contributed by atoms with E-state index in [0.717, 1.165) is 0 Å². The maximum absolute atomic E-state index is 11.3. The number of furan rings is 2. The van der Waals surface area contributed by atoms with Gasteiger partial charge in [0.05, 0.1) is 0 Å². The summed E-state index contributed by atoms with van der Waals surface area (Å²) in [4.78, 5) is 0. The van der Waals surface area contributed by atoms with Crippen molar-refractivity contribution in [1.82, 2.24) is 0 Å². The SMILES string of the molecule is C#CC[C@@](O)(c1ccc(CC)o1)[C@](O)(CC#C)c1ccc(CC)o1. The Bertz CT molecular complexity index is 704. The van der Waals surface area contributed by atoms with E-state index in [1.807, 2.05) is 13.8 Å². The van der Waals surface area contributed by atoms with Crippen LogP contribution in [-0.2, 0) is 24.0 Å². The second-order valence-corrected chi connectivity index (χ2v) is 5.72. The van der Waals surface area contributed by atoms with Crippen molar-refractivity contribution in [3.8, 4) is 24.7 Å². The second-order valence-electron chi connectivity index (χ2n) is 5.72. The van der Waals surface area contributed by atoms with Crippen LogP contribution >= 0.6 is 0 Å². The van der Waals surface area contributed by atoms with Crippen molar-refractivity contribution in [2.24, 2.45) is 0 Å². The van der Waals surface area contributed by atoms with Gasteiger partial charge < -0.3 is 19.0 Å². The zero-order chi connectivity index (χ0) is 17.8. The number of hydrogen-bond acceptors (Lipinski definition) is 4. The Morgan fingerprint density at radius 2 is 1.21 bits per heavy atom. The third-order valence-electron chi connectivity index (χ3n) is 4.24. The first-order valence-electron chi connectivity index (χ1n) is 7.95. The van der Waals surface area contributed by atoms with Crippen molar-refractivity contribution in [3.63, 3.8) is 0 Å². The van der Waals surface area contributed by atoms with Gasteiger partial charge in [0.25, 0.3) is 0 Å². The summed E-state index contributed by atoms with van der Waals surface area (Å²) in [5.74, 6) is 6.51. The van der Waals surface area contributed by atoms with Gasteiger partial charge in [-0.15, -0.1) is 24.7 Å². The molecular weight excluding hydrogens is 304 g/mol. The molecule has 0 aromatic carbocycles. The van der Waals surface area contributed by atoms with Crippen LogP contribution in [0.15, 0.2) is 33.1 Å². The molecule has 24 heavy (non-hydrogen) atoms. The van der Waals surface area contributed by atoms with E-state index in [0.29, 0.717) is 24.4 Å². The Kier molecular flexibility index (Phi) is 5.24. The maximum atomic E-state index is 11.3. The molecule has 0 saturated heterocycles. The first-order chi connectivity index (χ1) is 11.4.